The fourth-order valence-corrected chi connectivity index (χ4v) is 4.84. The Morgan fingerprint density at radius 1 is 1.45 bits per heavy atom. The molecule has 1 unspecified atom stereocenters. The first-order chi connectivity index (χ1) is 13.9. The van der Waals surface area contributed by atoms with Crippen molar-refractivity contribution in [3.63, 3.8) is 0 Å². The van der Waals surface area contributed by atoms with E-state index in [-0.39, 0.29) is 23.8 Å². The number of likely N-dealkylation sites (tertiary alicyclic amines) is 1. The van der Waals surface area contributed by atoms with Gasteiger partial charge in [0.25, 0.3) is 0 Å². The molecule has 1 saturated carbocycles. The number of fused-ring (bicyclic) bond motifs is 1. The number of unbranched alkanes of at least 4 members (excludes halogenated alkanes) is 1. The zero-order valence-corrected chi connectivity index (χ0v) is 17.3. The van der Waals surface area contributed by atoms with Crippen molar-refractivity contribution in [1.29, 1.82) is 0 Å². The third-order valence-corrected chi connectivity index (χ3v) is 6.74. The lowest BCUT2D eigenvalue weighted by Crippen LogP contribution is -2.42. The van der Waals surface area contributed by atoms with Crippen LogP contribution in [-0.4, -0.2) is 43.9 Å². The van der Waals surface area contributed by atoms with Crippen LogP contribution in [0.5, 0.6) is 0 Å². The maximum atomic E-state index is 11.8. The number of aliphatic hydroxyl groups is 1. The molecular formula is C22H32N4O3. The molecule has 1 aliphatic carbocycles. The summed E-state index contributed by atoms with van der Waals surface area (Å²) >= 11 is 0. The topological polar surface area (TPSA) is 101 Å². The molecule has 1 saturated heterocycles. The van der Waals surface area contributed by atoms with Gasteiger partial charge < -0.3 is 10.1 Å². The van der Waals surface area contributed by atoms with Crippen LogP contribution in [-0.2, 0) is 4.79 Å². The Balaban J connectivity index is 1.60. The molecule has 7 heteroatoms. The van der Waals surface area contributed by atoms with Gasteiger partial charge in [-0.2, -0.15) is 0 Å². The van der Waals surface area contributed by atoms with E-state index in [0.29, 0.717) is 0 Å². The number of nitrogens with one attached hydrogen (secondary N) is 2. The van der Waals surface area contributed by atoms with Gasteiger partial charge in [-0.05, 0) is 55.7 Å². The Kier molecular flexibility index (Phi) is 5.64. The van der Waals surface area contributed by atoms with Crippen LogP contribution in [0.1, 0.15) is 69.3 Å². The molecule has 4 rings (SSSR count). The number of aryl methyl sites for hydroxylation is 1. The van der Waals surface area contributed by atoms with Gasteiger partial charge in [-0.1, -0.05) is 25.8 Å². The van der Waals surface area contributed by atoms with Crippen molar-refractivity contribution in [2.24, 2.45) is 11.3 Å². The lowest BCUT2D eigenvalue weighted by Gasteiger charge is -2.33. The van der Waals surface area contributed by atoms with Gasteiger partial charge in [0.15, 0.2) is 0 Å². The summed E-state index contributed by atoms with van der Waals surface area (Å²) in [5.41, 5.74) is 5.15. The highest BCUT2D eigenvalue weighted by atomic mass is 16.5. The third-order valence-electron chi connectivity index (χ3n) is 6.74. The number of aliphatic hydroxyl groups excluding tert-OH is 1. The number of benzene rings is 1. The fraction of sp³-hybridized carbons (Fsp3) is 0.636. The Morgan fingerprint density at radius 2 is 2.24 bits per heavy atom. The summed E-state index contributed by atoms with van der Waals surface area (Å²) in [6.45, 7) is 5.00. The highest BCUT2D eigenvalue weighted by molar-refractivity contribution is 5.76. The minimum absolute atomic E-state index is 0.0153. The fourth-order valence-electron chi connectivity index (χ4n) is 4.84. The van der Waals surface area contributed by atoms with Gasteiger partial charge in [-0.15, -0.1) is 0 Å². The van der Waals surface area contributed by atoms with Crippen LogP contribution >= 0.6 is 0 Å². The van der Waals surface area contributed by atoms with E-state index in [1.165, 1.54) is 18.4 Å². The third kappa shape index (κ3) is 4.17. The number of aromatic amines is 1. The van der Waals surface area contributed by atoms with Crippen molar-refractivity contribution < 1.29 is 15.1 Å². The molecule has 2 heterocycles. The van der Waals surface area contributed by atoms with Crippen molar-refractivity contribution >= 4 is 16.9 Å². The highest BCUT2D eigenvalue weighted by Gasteiger charge is 2.55. The molecule has 158 valence electrons. The molecule has 1 spiro atoms. The molecule has 3 atom stereocenters. The normalized spacial score (nSPS) is 22.8. The molecule has 0 bridgehead atoms. The van der Waals surface area contributed by atoms with Gasteiger partial charge in [0, 0.05) is 18.9 Å². The lowest BCUT2D eigenvalue weighted by molar-refractivity contribution is -0.133. The quantitative estimate of drug-likeness (QED) is 0.402. The first-order valence-corrected chi connectivity index (χ1v) is 10.8. The molecule has 2 aliphatic rings. The van der Waals surface area contributed by atoms with E-state index in [4.69, 9.17) is 10.2 Å². The minimum atomic E-state index is -0.737. The van der Waals surface area contributed by atoms with Crippen molar-refractivity contribution in [2.75, 3.05) is 6.54 Å². The maximum Gasteiger partial charge on any atom is 0.243 e. The standard InChI is InChI=1S/C22H32N4O3/c1-3-4-5-15(11-19(27)25-29)21(28)26-13-22(8-9-22)12-18(26)20-23-16-7-6-14(2)10-17(16)24-20/h6-7,10,15,18,21,28-29H,3-5,8-9,11-13H2,1-2H3,(H,23,24)(H,25,27)/t15-,18+,21?/m1/s1. The summed E-state index contributed by atoms with van der Waals surface area (Å²) in [5.74, 6) is 0.237. The highest BCUT2D eigenvalue weighted by Crippen LogP contribution is 2.59. The summed E-state index contributed by atoms with van der Waals surface area (Å²) in [5, 5.41) is 20.3. The molecule has 1 aromatic heterocycles. The number of imidazole rings is 1. The first-order valence-electron chi connectivity index (χ1n) is 10.8. The van der Waals surface area contributed by atoms with E-state index in [0.717, 1.165) is 49.1 Å². The van der Waals surface area contributed by atoms with E-state index in [1.54, 1.807) is 5.48 Å². The summed E-state index contributed by atoms with van der Waals surface area (Å²) in [4.78, 5) is 22.3. The largest absolute Gasteiger partial charge is 0.378 e. The van der Waals surface area contributed by atoms with Crippen molar-refractivity contribution in [3.05, 3.63) is 29.6 Å². The average Bonchev–Trinajstić information content (AvgIpc) is 3.16. The van der Waals surface area contributed by atoms with E-state index in [9.17, 15) is 9.90 Å². The predicted octanol–water partition coefficient (Wildman–Crippen LogP) is 3.42. The van der Waals surface area contributed by atoms with Crippen LogP contribution in [0, 0.1) is 18.3 Å². The van der Waals surface area contributed by atoms with Crippen LogP contribution in [0.4, 0.5) is 0 Å². The molecule has 2 aromatic rings. The second-order valence-corrected chi connectivity index (χ2v) is 9.09. The number of hydroxylamine groups is 1. The second-order valence-electron chi connectivity index (χ2n) is 9.09. The number of carbonyl (C=O) groups excluding carboxylic acids is 1. The van der Waals surface area contributed by atoms with Gasteiger partial charge in [0.1, 0.15) is 12.1 Å². The minimum Gasteiger partial charge on any atom is -0.378 e. The first kappa shape index (κ1) is 20.3. The van der Waals surface area contributed by atoms with Gasteiger partial charge in [0.05, 0.1) is 17.1 Å². The SMILES string of the molecule is CCCC[C@H](CC(=O)NO)C(O)N1CC2(CC2)C[C@H]1c1nc2ccc(C)cc2[nH]1. The molecule has 29 heavy (non-hydrogen) atoms. The molecule has 0 radical (unpaired) electrons. The molecule has 4 N–H and O–H groups in total. The monoisotopic (exact) mass is 400 g/mol. The lowest BCUT2D eigenvalue weighted by atomic mass is 9.95. The van der Waals surface area contributed by atoms with E-state index >= 15 is 0 Å². The molecule has 1 aliphatic heterocycles. The molecular weight excluding hydrogens is 368 g/mol. The van der Waals surface area contributed by atoms with E-state index < -0.39 is 12.1 Å². The van der Waals surface area contributed by atoms with Crippen LogP contribution in [0.25, 0.3) is 11.0 Å². The number of carbonyl (C=O) groups is 1. The number of aromatic nitrogens is 2. The van der Waals surface area contributed by atoms with Crippen LogP contribution in [0.15, 0.2) is 18.2 Å². The molecule has 2 fully saturated rings. The van der Waals surface area contributed by atoms with E-state index in [1.807, 2.05) is 6.07 Å². The molecule has 7 nitrogen and oxygen atoms in total. The number of hydrogen-bond acceptors (Lipinski definition) is 5. The van der Waals surface area contributed by atoms with Gasteiger partial charge >= 0.3 is 0 Å². The van der Waals surface area contributed by atoms with Crippen molar-refractivity contribution in [2.45, 2.75) is 71.1 Å². The summed E-state index contributed by atoms with van der Waals surface area (Å²) in [6.07, 6.45) is 5.42. The van der Waals surface area contributed by atoms with Gasteiger partial charge in [-0.25, -0.2) is 10.5 Å². The smallest absolute Gasteiger partial charge is 0.243 e. The van der Waals surface area contributed by atoms with Gasteiger partial charge in [-0.3, -0.25) is 14.9 Å². The number of hydrogen-bond donors (Lipinski definition) is 4. The van der Waals surface area contributed by atoms with Gasteiger partial charge in [0.2, 0.25) is 5.91 Å². The number of amides is 1. The van der Waals surface area contributed by atoms with Crippen LogP contribution in [0.2, 0.25) is 0 Å². The van der Waals surface area contributed by atoms with Crippen molar-refractivity contribution in [3.8, 4) is 0 Å². The Labute approximate surface area is 171 Å². The number of nitrogens with zero attached hydrogens (tertiary/aromatic N) is 2. The Morgan fingerprint density at radius 3 is 2.93 bits per heavy atom. The van der Waals surface area contributed by atoms with Crippen molar-refractivity contribution in [1.82, 2.24) is 20.3 Å². The molecule has 1 amide bonds. The second kappa shape index (κ2) is 8.05. The summed E-state index contributed by atoms with van der Waals surface area (Å²) in [6, 6.07) is 6.21. The number of rotatable bonds is 8. The zero-order valence-electron chi connectivity index (χ0n) is 17.3. The predicted molar refractivity (Wildman–Crippen MR) is 110 cm³/mol. The average molecular weight is 401 g/mol. The zero-order chi connectivity index (χ0) is 20.6. The Bertz CT molecular complexity index is 876. The molecule has 1 aromatic carbocycles. The summed E-state index contributed by atoms with van der Waals surface area (Å²) in [7, 11) is 0. The van der Waals surface area contributed by atoms with Crippen LogP contribution in [0.3, 0.4) is 0 Å². The Hall–Kier alpha value is -1.96. The van der Waals surface area contributed by atoms with Crippen LogP contribution < -0.4 is 5.48 Å². The number of H-pyrrole nitrogens is 1. The summed E-state index contributed by atoms with van der Waals surface area (Å²) < 4.78 is 0. The maximum absolute atomic E-state index is 11.8. The van der Waals surface area contributed by atoms with E-state index in [2.05, 4.69) is 35.9 Å².